The third-order valence-electron chi connectivity index (χ3n) is 4.37. The third kappa shape index (κ3) is 2.75. The van der Waals surface area contributed by atoms with Crippen molar-refractivity contribution in [2.24, 2.45) is 4.99 Å². The summed E-state index contributed by atoms with van der Waals surface area (Å²) in [5, 5.41) is 0.791. The Labute approximate surface area is 119 Å². The third-order valence-corrected chi connectivity index (χ3v) is 4.70. The van der Waals surface area contributed by atoms with Gasteiger partial charge in [0.15, 0.2) is 0 Å². The summed E-state index contributed by atoms with van der Waals surface area (Å²) in [5.74, 6) is 0.454. The minimum Gasteiger partial charge on any atom is -0.211 e. The van der Waals surface area contributed by atoms with Gasteiger partial charge in [0.2, 0.25) is 6.08 Å². The van der Waals surface area contributed by atoms with Gasteiger partial charge in [-0.1, -0.05) is 50.4 Å². The summed E-state index contributed by atoms with van der Waals surface area (Å²) in [6.45, 7) is 4.33. The van der Waals surface area contributed by atoms with Crippen molar-refractivity contribution in [3.05, 3.63) is 34.3 Å². The van der Waals surface area contributed by atoms with Crippen molar-refractivity contribution in [3.8, 4) is 0 Å². The van der Waals surface area contributed by atoms with Crippen LogP contribution in [0.25, 0.3) is 0 Å². The number of carbonyl (C=O) groups excluding carboxylic acids is 1. The van der Waals surface area contributed by atoms with E-state index in [1.54, 1.807) is 6.08 Å². The Morgan fingerprint density at radius 3 is 2.63 bits per heavy atom. The molecule has 0 heterocycles. The molecule has 0 aliphatic heterocycles. The van der Waals surface area contributed by atoms with Crippen molar-refractivity contribution >= 4 is 17.7 Å². The second-order valence-corrected chi connectivity index (χ2v) is 5.89. The number of hydrogen-bond acceptors (Lipinski definition) is 2. The largest absolute Gasteiger partial charge is 0.235 e. The molecule has 1 aliphatic carbocycles. The van der Waals surface area contributed by atoms with E-state index in [0.717, 1.165) is 42.7 Å². The number of benzene rings is 1. The van der Waals surface area contributed by atoms with E-state index >= 15 is 0 Å². The van der Waals surface area contributed by atoms with E-state index in [1.807, 2.05) is 6.07 Å². The van der Waals surface area contributed by atoms with Crippen molar-refractivity contribution in [1.82, 2.24) is 0 Å². The van der Waals surface area contributed by atoms with Crippen LogP contribution in [0.2, 0.25) is 5.02 Å². The van der Waals surface area contributed by atoms with E-state index in [4.69, 9.17) is 11.6 Å². The first-order valence-electron chi connectivity index (χ1n) is 7.02. The smallest absolute Gasteiger partial charge is 0.211 e. The molecule has 1 fully saturated rings. The van der Waals surface area contributed by atoms with Crippen LogP contribution in [0.1, 0.15) is 63.0 Å². The molecule has 0 bridgehead atoms. The molecule has 1 aromatic rings. The first kappa shape index (κ1) is 14.3. The number of halogens is 1. The second kappa shape index (κ2) is 5.90. The quantitative estimate of drug-likeness (QED) is 0.565. The topological polar surface area (TPSA) is 29.4 Å². The van der Waals surface area contributed by atoms with Gasteiger partial charge in [0, 0.05) is 5.02 Å². The number of aliphatic imine (C=N–C) groups is 1. The number of nitrogens with zero attached hydrogens (tertiary/aromatic N) is 1. The minimum absolute atomic E-state index is 0.376. The lowest BCUT2D eigenvalue weighted by molar-refractivity contribution is 0.455. The first-order chi connectivity index (χ1) is 9.13. The van der Waals surface area contributed by atoms with E-state index < -0.39 is 0 Å². The van der Waals surface area contributed by atoms with Gasteiger partial charge in [-0.25, -0.2) is 4.79 Å². The van der Waals surface area contributed by atoms with Crippen molar-refractivity contribution in [2.75, 3.05) is 0 Å². The lowest BCUT2D eigenvalue weighted by Crippen LogP contribution is -2.19. The molecule has 0 amide bonds. The molecule has 102 valence electrons. The summed E-state index contributed by atoms with van der Waals surface area (Å²) in [7, 11) is 0. The van der Waals surface area contributed by atoms with Gasteiger partial charge in [-0.2, -0.15) is 4.99 Å². The van der Waals surface area contributed by atoms with Crippen LogP contribution in [0.3, 0.4) is 0 Å². The van der Waals surface area contributed by atoms with Crippen LogP contribution >= 0.6 is 11.6 Å². The molecular formula is C16H20ClNO. The summed E-state index contributed by atoms with van der Waals surface area (Å²) in [5.41, 5.74) is 1.86. The van der Waals surface area contributed by atoms with Crippen LogP contribution in [0.5, 0.6) is 0 Å². The van der Waals surface area contributed by atoms with Crippen LogP contribution in [0.15, 0.2) is 23.2 Å². The Bertz CT molecular complexity index is 499. The molecule has 0 N–H and O–H groups in total. The van der Waals surface area contributed by atoms with Crippen LogP contribution in [0, 0.1) is 0 Å². The monoisotopic (exact) mass is 277 g/mol. The van der Waals surface area contributed by atoms with Crippen molar-refractivity contribution in [3.63, 3.8) is 0 Å². The molecular weight excluding hydrogens is 258 g/mol. The maximum atomic E-state index is 10.7. The summed E-state index contributed by atoms with van der Waals surface area (Å²) >= 11 is 6.40. The van der Waals surface area contributed by atoms with Gasteiger partial charge >= 0.3 is 0 Å². The summed E-state index contributed by atoms with van der Waals surface area (Å²) in [6.07, 6.45) is 6.86. The molecule has 0 radical (unpaired) electrons. The zero-order valence-electron chi connectivity index (χ0n) is 11.6. The number of rotatable bonds is 4. The Balaban J connectivity index is 2.40. The molecule has 2 nitrogen and oxygen atoms in total. The Kier molecular flexibility index (Phi) is 4.44. The van der Waals surface area contributed by atoms with Gasteiger partial charge in [-0.05, 0) is 42.4 Å². The number of hydrogen-bond donors (Lipinski definition) is 0. The fourth-order valence-electron chi connectivity index (χ4n) is 2.95. The molecule has 3 heteroatoms. The summed E-state index contributed by atoms with van der Waals surface area (Å²) in [6, 6.07) is 6.17. The van der Waals surface area contributed by atoms with Gasteiger partial charge in [0.25, 0.3) is 0 Å². The highest BCUT2D eigenvalue weighted by molar-refractivity contribution is 6.31. The van der Waals surface area contributed by atoms with Crippen LogP contribution in [0.4, 0.5) is 0 Å². The summed E-state index contributed by atoms with van der Waals surface area (Å²) in [4.78, 5) is 14.8. The van der Waals surface area contributed by atoms with Crippen LogP contribution in [-0.2, 0) is 10.3 Å². The van der Waals surface area contributed by atoms with Gasteiger partial charge in [-0.15, -0.1) is 0 Å². The minimum atomic E-state index is -0.376. The zero-order valence-corrected chi connectivity index (χ0v) is 12.3. The fourth-order valence-corrected chi connectivity index (χ4v) is 3.32. The standard InChI is InChI=1S/C16H20ClNO/c1-3-12(2)14-7-6-13(10-15(14)17)16(18-11-19)8-4-5-9-16/h6-7,10,12H,3-5,8-9H2,1-2H3. The Hall–Kier alpha value is -1.11. The molecule has 0 aromatic heterocycles. The number of isocyanates is 1. The van der Waals surface area contributed by atoms with Gasteiger partial charge in [-0.3, -0.25) is 0 Å². The van der Waals surface area contributed by atoms with E-state index in [0.29, 0.717) is 5.92 Å². The SMILES string of the molecule is CCC(C)c1ccc(C2(N=C=O)CCCC2)cc1Cl. The Morgan fingerprint density at radius 1 is 1.42 bits per heavy atom. The van der Waals surface area contributed by atoms with E-state index in [-0.39, 0.29) is 5.54 Å². The van der Waals surface area contributed by atoms with Crippen LogP contribution < -0.4 is 0 Å². The van der Waals surface area contributed by atoms with Crippen molar-refractivity contribution in [1.29, 1.82) is 0 Å². The van der Waals surface area contributed by atoms with Gasteiger partial charge in [0.1, 0.15) is 0 Å². The normalized spacial score (nSPS) is 18.9. The lowest BCUT2D eigenvalue weighted by atomic mass is 9.87. The fraction of sp³-hybridized carbons (Fsp3) is 0.562. The van der Waals surface area contributed by atoms with Crippen LogP contribution in [-0.4, -0.2) is 6.08 Å². The molecule has 1 saturated carbocycles. The molecule has 1 unspecified atom stereocenters. The molecule has 19 heavy (non-hydrogen) atoms. The van der Waals surface area contributed by atoms with Crippen molar-refractivity contribution in [2.45, 2.75) is 57.4 Å². The summed E-state index contributed by atoms with van der Waals surface area (Å²) < 4.78 is 0. The average molecular weight is 278 g/mol. The molecule has 1 atom stereocenters. The van der Waals surface area contributed by atoms with Crippen molar-refractivity contribution < 1.29 is 4.79 Å². The molecule has 1 aliphatic rings. The average Bonchev–Trinajstić information content (AvgIpc) is 2.88. The molecule has 0 saturated heterocycles. The second-order valence-electron chi connectivity index (χ2n) is 5.49. The Morgan fingerprint density at radius 2 is 2.11 bits per heavy atom. The van der Waals surface area contributed by atoms with Gasteiger partial charge in [0.05, 0.1) is 5.54 Å². The maximum absolute atomic E-state index is 10.7. The molecule has 0 spiro atoms. The highest BCUT2D eigenvalue weighted by Gasteiger charge is 2.36. The highest BCUT2D eigenvalue weighted by Crippen LogP contribution is 2.43. The van der Waals surface area contributed by atoms with E-state index in [1.165, 1.54) is 5.56 Å². The first-order valence-corrected chi connectivity index (χ1v) is 7.39. The van der Waals surface area contributed by atoms with E-state index in [2.05, 4.69) is 31.0 Å². The van der Waals surface area contributed by atoms with Gasteiger partial charge < -0.3 is 0 Å². The predicted molar refractivity (Wildman–Crippen MR) is 78.4 cm³/mol. The molecule has 2 rings (SSSR count). The lowest BCUT2D eigenvalue weighted by Gasteiger charge is -2.24. The van der Waals surface area contributed by atoms with E-state index in [9.17, 15) is 4.79 Å². The highest BCUT2D eigenvalue weighted by atomic mass is 35.5. The predicted octanol–water partition coefficient (Wildman–Crippen LogP) is 4.96. The zero-order chi connectivity index (χ0) is 13.9. The molecule has 1 aromatic carbocycles. The maximum Gasteiger partial charge on any atom is 0.235 e.